The number of aromatic nitrogens is 1. The number of rotatable bonds is 7. The molecule has 6 nitrogen and oxygen atoms in total. The fourth-order valence-electron chi connectivity index (χ4n) is 2.54. The lowest BCUT2D eigenvalue weighted by molar-refractivity contribution is -0.0457. The highest BCUT2D eigenvalue weighted by atomic mass is 16.5. The van der Waals surface area contributed by atoms with Gasteiger partial charge < -0.3 is 9.47 Å². The zero-order valence-electron chi connectivity index (χ0n) is 12.9. The van der Waals surface area contributed by atoms with E-state index in [1.165, 1.54) is 0 Å². The number of pyridine rings is 1. The Hall–Kier alpha value is -1.21. The van der Waals surface area contributed by atoms with Crippen LogP contribution in [0.15, 0.2) is 18.5 Å². The van der Waals surface area contributed by atoms with Crippen molar-refractivity contribution in [2.24, 2.45) is 5.84 Å². The minimum atomic E-state index is -0.0861. The van der Waals surface area contributed by atoms with Crippen molar-refractivity contribution in [3.63, 3.8) is 0 Å². The normalized spacial score (nSPS) is 21.2. The van der Waals surface area contributed by atoms with Crippen LogP contribution in [-0.4, -0.2) is 48.8 Å². The van der Waals surface area contributed by atoms with E-state index in [1.54, 1.807) is 6.20 Å². The van der Waals surface area contributed by atoms with Crippen molar-refractivity contribution < 1.29 is 9.47 Å². The maximum Gasteiger partial charge on any atom is 0.137 e. The Morgan fingerprint density at radius 3 is 3.10 bits per heavy atom. The summed E-state index contributed by atoms with van der Waals surface area (Å²) in [6.07, 6.45) is 4.54. The SMILES string of the molecule is CCCOc1cncc(C(NN)C2CN(CC)CCO2)c1. The van der Waals surface area contributed by atoms with Gasteiger partial charge in [0.05, 0.1) is 31.6 Å². The Labute approximate surface area is 126 Å². The smallest absolute Gasteiger partial charge is 0.137 e. The standard InChI is InChI=1S/C15H26N4O2/c1-3-6-20-13-8-12(9-17-10-13)15(18-16)14-11-19(4-2)5-7-21-14/h8-10,14-15,18H,3-7,11,16H2,1-2H3. The molecule has 1 aromatic rings. The van der Waals surface area contributed by atoms with Gasteiger partial charge in [-0.1, -0.05) is 13.8 Å². The summed E-state index contributed by atoms with van der Waals surface area (Å²) in [5.74, 6) is 6.53. The number of ether oxygens (including phenoxy) is 2. The number of hydrazine groups is 1. The van der Waals surface area contributed by atoms with E-state index in [9.17, 15) is 0 Å². The molecule has 1 aliphatic heterocycles. The molecule has 118 valence electrons. The minimum absolute atomic E-state index is 0.0203. The molecule has 0 aliphatic carbocycles. The molecule has 0 bridgehead atoms. The van der Waals surface area contributed by atoms with Crippen LogP contribution in [-0.2, 0) is 4.74 Å². The number of nitrogens with two attached hydrogens (primary N) is 1. The van der Waals surface area contributed by atoms with Crippen LogP contribution >= 0.6 is 0 Å². The molecular weight excluding hydrogens is 268 g/mol. The van der Waals surface area contributed by atoms with Crippen LogP contribution in [0.3, 0.4) is 0 Å². The summed E-state index contributed by atoms with van der Waals surface area (Å²) < 4.78 is 11.5. The van der Waals surface area contributed by atoms with Crippen molar-refractivity contribution >= 4 is 0 Å². The molecule has 3 N–H and O–H groups in total. The van der Waals surface area contributed by atoms with Crippen LogP contribution in [0, 0.1) is 0 Å². The van der Waals surface area contributed by atoms with E-state index < -0.39 is 0 Å². The Bertz CT molecular complexity index is 430. The van der Waals surface area contributed by atoms with Gasteiger partial charge in [0.1, 0.15) is 5.75 Å². The molecule has 0 radical (unpaired) electrons. The summed E-state index contributed by atoms with van der Waals surface area (Å²) in [5.41, 5.74) is 3.86. The molecule has 21 heavy (non-hydrogen) atoms. The molecule has 2 rings (SSSR count). The van der Waals surface area contributed by atoms with Crippen LogP contribution in [0.1, 0.15) is 31.9 Å². The summed E-state index contributed by atoms with van der Waals surface area (Å²) in [7, 11) is 0. The van der Waals surface area contributed by atoms with Gasteiger partial charge in [-0.15, -0.1) is 0 Å². The minimum Gasteiger partial charge on any atom is -0.492 e. The number of nitrogens with zero attached hydrogens (tertiary/aromatic N) is 2. The molecule has 6 heteroatoms. The van der Waals surface area contributed by atoms with E-state index in [1.807, 2.05) is 12.3 Å². The van der Waals surface area contributed by atoms with Gasteiger partial charge in [-0.25, -0.2) is 0 Å². The first-order chi connectivity index (χ1) is 10.3. The summed E-state index contributed by atoms with van der Waals surface area (Å²) >= 11 is 0. The van der Waals surface area contributed by atoms with Crippen LogP contribution in [0.5, 0.6) is 5.75 Å². The van der Waals surface area contributed by atoms with Gasteiger partial charge in [-0.3, -0.25) is 21.2 Å². The van der Waals surface area contributed by atoms with Crippen LogP contribution in [0.2, 0.25) is 0 Å². The van der Waals surface area contributed by atoms with Gasteiger partial charge in [0.25, 0.3) is 0 Å². The van der Waals surface area contributed by atoms with Gasteiger partial charge >= 0.3 is 0 Å². The highest BCUT2D eigenvalue weighted by Gasteiger charge is 2.28. The van der Waals surface area contributed by atoms with Gasteiger partial charge in [0.15, 0.2) is 0 Å². The Kier molecular flexibility index (Phi) is 6.38. The lowest BCUT2D eigenvalue weighted by atomic mass is 10.0. The summed E-state index contributed by atoms with van der Waals surface area (Å²) in [6.45, 7) is 8.53. The van der Waals surface area contributed by atoms with Gasteiger partial charge in [-0.05, 0) is 24.6 Å². The number of nitrogens with one attached hydrogen (secondary N) is 1. The Morgan fingerprint density at radius 1 is 1.52 bits per heavy atom. The fraction of sp³-hybridized carbons (Fsp3) is 0.667. The molecule has 0 spiro atoms. The molecule has 1 aliphatic rings. The van der Waals surface area contributed by atoms with Crippen molar-refractivity contribution in [3.05, 3.63) is 24.0 Å². The number of likely N-dealkylation sites (N-methyl/N-ethyl adjacent to an activating group) is 1. The molecule has 0 aromatic carbocycles. The van der Waals surface area contributed by atoms with Gasteiger partial charge in [-0.2, -0.15) is 0 Å². The monoisotopic (exact) mass is 294 g/mol. The molecular formula is C15H26N4O2. The molecule has 2 atom stereocenters. The van der Waals surface area contributed by atoms with E-state index in [4.69, 9.17) is 15.3 Å². The average Bonchev–Trinajstić information content (AvgIpc) is 2.54. The lowest BCUT2D eigenvalue weighted by Crippen LogP contribution is -2.49. The molecule has 1 aromatic heterocycles. The van der Waals surface area contributed by atoms with E-state index in [2.05, 4.69) is 29.2 Å². The quantitative estimate of drug-likeness (QED) is 0.579. The van der Waals surface area contributed by atoms with Crippen molar-refractivity contribution in [3.8, 4) is 5.75 Å². The van der Waals surface area contributed by atoms with E-state index in [-0.39, 0.29) is 12.1 Å². The van der Waals surface area contributed by atoms with Crippen molar-refractivity contribution in [2.45, 2.75) is 32.4 Å². The second kappa shape index (κ2) is 8.29. The molecule has 1 saturated heterocycles. The largest absolute Gasteiger partial charge is 0.492 e. The zero-order valence-corrected chi connectivity index (χ0v) is 12.9. The van der Waals surface area contributed by atoms with Gasteiger partial charge in [0, 0.05) is 19.3 Å². The number of morpholine rings is 1. The third-order valence-electron chi connectivity index (χ3n) is 3.74. The molecule has 2 heterocycles. The fourth-order valence-corrected chi connectivity index (χ4v) is 2.54. The number of hydrogen-bond donors (Lipinski definition) is 2. The summed E-state index contributed by atoms with van der Waals surface area (Å²) in [4.78, 5) is 6.62. The third-order valence-corrected chi connectivity index (χ3v) is 3.74. The van der Waals surface area contributed by atoms with Crippen molar-refractivity contribution in [1.82, 2.24) is 15.3 Å². The molecule has 2 unspecified atom stereocenters. The highest BCUT2D eigenvalue weighted by Crippen LogP contribution is 2.24. The molecule has 0 saturated carbocycles. The molecule has 0 amide bonds. The highest BCUT2D eigenvalue weighted by molar-refractivity contribution is 5.27. The van der Waals surface area contributed by atoms with Crippen LogP contribution in [0.4, 0.5) is 0 Å². The van der Waals surface area contributed by atoms with Gasteiger partial charge in [0.2, 0.25) is 0 Å². The van der Waals surface area contributed by atoms with Crippen LogP contribution in [0.25, 0.3) is 0 Å². The molecule has 1 fully saturated rings. The first kappa shape index (κ1) is 16.2. The maximum atomic E-state index is 5.89. The second-order valence-electron chi connectivity index (χ2n) is 5.25. The topological polar surface area (TPSA) is 72.6 Å². The second-order valence-corrected chi connectivity index (χ2v) is 5.25. The van der Waals surface area contributed by atoms with Crippen molar-refractivity contribution in [1.29, 1.82) is 0 Å². The zero-order chi connectivity index (χ0) is 15.1. The predicted octanol–water partition coefficient (Wildman–Crippen LogP) is 1.10. The van der Waals surface area contributed by atoms with E-state index in [0.717, 1.165) is 44.0 Å². The summed E-state index contributed by atoms with van der Waals surface area (Å²) in [6, 6.07) is 1.90. The van der Waals surface area contributed by atoms with E-state index >= 15 is 0 Å². The van der Waals surface area contributed by atoms with Crippen molar-refractivity contribution in [2.75, 3.05) is 32.8 Å². The maximum absolute atomic E-state index is 5.89. The van der Waals surface area contributed by atoms with Crippen LogP contribution < -0.4 is 16.0 Å². The summed E-state index contributed by atoms with van der Waals surface area (Å²) in [5, 5.41) is 0. The Balaban J connectivity index is 2.09. The first-order valence-corrected chi connectivity index (χ1v) is 7.66. The average molecular weight is 294 g/mol. The number of hydrogen-bond acceptors (Lipinski definition) is 6. The van der Waals surface area contributed by atoms with E-state index in [0.29, 0.717) is 6.61 Å². The lowest BCUT2D eigenvalue weighted by Gasteiger charge is -2.36. The third kappa shape index (κ3) is 4.38. The predicted molar refractivity (Wildman–Crippen MR) is 81.9 cm³/mol. The first-order valence-electron chi connectivity index (χ1n) is 7.66. The Morgan fingerprint density at radius 2 is 2.38 bits per heavy atom.